The van der Waals surface area contributed by atoms with Crippen LogP contribution in [-0.2, 0) is 34.3 Å². The molecule has 0 aliphatic rings. The molecule has 2 aromatic rings. The molecule has 0 aliphatic heterocycles. The molecule has 0 radical (unpaired) electrons. The van der Waals surface area contributed by atoms with Gasteiger partial charge in [0.05, 0.1) is 24.3 Å². The molecule has 0 saturated carbocycles. The van der Waals surface area contributed by atoms with Crippen LogP contribution < -0.4 is 10.5 Å². The van der Waals surface area contributed by atoms with Gasteiger partial charge in [-0.3, -0.25) is 4.52 Å². The summed E-state index contributed by atoms with van der Waals surface area (Å²) in [4.78, 5) is 17.7. The van der Waals surface area contributed by atoms with Gasteiger partial charge in [0.1, 0.15) is 5.75 Å². The van der Waals surface area contributed by atoms with Gasteiger partial charge in [-0.1, -0.05) is 25.1 Å². The Kier molecular flexibility index (Phi) is 10.0. The van der Waals surface area contributed by atoms with Gasteiger partial charge in [0.15, 0.2) is 0 Å². The van der Waals surface area contributed by atoms with Gasteiger partial charge in [0.2, 0.25) is 0 Å². The van der Waals surface area contributed by atoms with Crippen molar-refractivity contribution in [3.8, 4) is 5.75 Å². The molecule has 0 saturated heterocycles. The van der Waals surface area contributed by atoms with Crippen LogP contribution in [0.15, 0.2) is 42.5 Å². The van der Waals surface area contributed by atoms with Gasteiger partial charge in [-0.25, -0.2) is 4.57 Å². The highest BCUT2D eigenvalue weighted by molar-refractivity contribution is 7.46. The largest absolute Gasteiger partial charge is 0.493 e. The molecule has 2 rings (SSSR count). The number of alkyl halides is 6. The summed E-state index contributed by atoms with van der Waals surface area (Å²) < 4.78 is 99.5. The molecule has 13 heteroatoms. The number of phosphoric acid groups is 1. The minimum Gasteiger partial charge on any atom is -0.493 e. The number of rotatable bonds is 12. The van der Waals surface area contributed by atoms with Crippen molar-refractivity contribution in [2.24, 2.45) is 5.73 Å². The molecule has 0 aromatic heterocycles. The van der Waals surface area contributed by atoms with E-state index in [-0.39, 0.29) is 38.0 Å². The third kappa shape index (κ3) is 9.74. The Hall–Kier alpha value is -2.11. The molecule has 4 N–H and O–H groups in total. The van der Waals surface area contributed by atoms with Crippen molar-refractivity contribution in [1.29, 1.82) is 0 Å². The van der Waals surface area contributed by atoms with Crippen molar-refractivity contribution in [2.75, 3.05) is 13.2 Å². The van der Waals surface area contributed by atoms with E-state index in [4.69, 9.17) is 20.3 Å². The molecule has 0 fully saturated rings. The molecule has 0 spiro atoms. The Morgan fingerprint density at radius 2 is 1.53 bits per heavy atom. The summed E-state index contributed by atoms with van der Waals surface area (Å²) in [6.07, 6.45) is -8.03. The van der Waals surface area contributed by atoms with E-state index < -0.39 is 43.4 Å². The molecule has 36 heavy (non-hydrogen) atoms. The maximum atomic E-state index is 13.6. The van der Waals surface area contributed by atoms with Crippen LogP contribution in [-0.4, -0.2) is 28.5 Å². The van der Waals surface area contributed by atoms with Crippen LogP contribution in [0.4, 0.5) is 26.3 Å². The number of phosphoric ester groups is 1. The average molecular weight is 543 g/mol. The lowest BCUT2D eigenvalue weighted by molar-refractivity contribution is -0.139. The summed E-state index contributed by atoms with van der Waals surface area (Å²) in [7, 11) is -4.74. The molecule has 202 valence electrons. The third-order valence-electron chi connectivity index (χ3n) is 5.63. The first kappa shape index (κ1) is 30.1. The molecular formula is C23H28F6NO5P. The first-order valence-corrected chi connectivity index (χ1v) is 12.5. The van der Waals surface area contributed by atoms with E-state index in [0.29, 0.717) is 17.5 Å². The quantitative estimate of drug-likeness (QED) is 0.176. The zero-order valence-electron chi connectivity index (χ0n) is 19.4. The van der Waals surface area contributed by atoms with Crippen LogP contribution >= 0.6 is 7.82 Å². The molecule has 0 amide bonds. The summed E-state index contributed by atoms with van der Waals surface area (Å²) in [5.41, 5.74) is 4.09. The van der Waals surface area contributed by atoms with E-state index in [2.05, 4.69) is 4.52 Å². The highest BCUT2D eigenvalue weighted by atomic mass is 31.2. The normalized spacial score (nSPS) is 14.5. The molecule has 0 heterocycles. The van der Waals surface area contributed by atoms with Crippen molar-refractivity contribution in [3.63, 3.8) is 0 Å². The summed E-state index contributed by atoms with van der Waals surface area (Å²) in [5.74, 6) is -0.377. The molecule has 2 aromatic carbocycles. The zero-order valence-corrected chi connectivity index (χ0v) is 20.3. The number of benzene rings is 2. The highest BCUT2D eigenvalue weighted by Gasteiger charge is 2.35. The number of nitrogens with two attached hydrogens (primary N) is 1. The maximum absolute atomic E-state index is 13.6. The number of hydrogen-bond acceptors (Lipinski definition) is 4. The number of ether oxygens (including phenoxy) is 1. The first-order chi connectivity index (χ1) is 16.5. The Balaban J connectivity index is 2.00. The topological polar surface area (TPSA) is 102 Å². The van der Waals surface area contributed by atoms with Crippen LogP contribution in [0.1, 0.15) is 48.4 Å². The van der Waals surface area contributed by atoms with Crippen LogP contribution in [0.2, 0.25) is 0 Å². The lowest BCUT2D eigenvalue weighted by Crippen LogP contribution is -2.44. The fraction of sp³-hybridized carbons (Fsp3) is 0.478. The molecule has 6 nitrogen and oxygen atoms in total. The van der Waals surface area contributed by atoms with Gasteiger partial charge in [-0.2, -0.15) is 26.3 Å². The van der Waals surface area contributed by atoms with Crippen molar-refractivity contribution >= 4 is 7.82 Å². The van der Waals surface area contributed by atoms with Gasteiger partial charge >= 0.3 is 20.2 Å². The first-order valence-electron chi connectivity index (χ1n) is 11.0. The van der Waals surface area contributed by atoms with E-state index in [9.17, 15) is 30.9 Å². The minimum absolute atomic E-state index is 0.0785. The van der Waals surface area contributed by atoms with Crippen LogP contribution in [0.5, 0.6) is 5.75 Å². The van der Waals surface area contributed by atoms with E-state index >= 15 is 0 Å². The Morgan fingerprint density at radius 3 is 2.06 bits per heavy atom. The molecule has 0 bridgehead atoms. The number of aryl methyl sites for hydroxylation is 2. The van der Waals surface area contributed by atoms with E-state index in [1.54, 1.807) is 6.92 Å². The lowest BCUT2D eigenvalue weighted by atomic mass is 9.90. The van der Waals surface area contributed by atoms with E-state index in [1.165, 1.54) is 24.3 Å². The van der Waals surface area contributed by atoms with Crippen molar-refractivity contribution in [3.05, 3.63) is 64.7 Å². The molecular weight excluding hydrogens is 515 g/mol. The Morgan fingerprint density at radius 1 is 0.917 bits per heavy atom. The Bertz CT molecular complexity index is 1040. The fourth-order valence-electron chi connectivity index (χ4n) is 3.36. The van der Waals surface area contributed by atoms with Crippen LogP contribution in [0.25, 0.3) is 0 Å². The van der Waals surface area contributed by atoms with Gasteiger partial charge in [-0.05, 0) is 67.5 Å². The Labute approximate surface area is 204 Å². The predicted octanol–water partition coefficient (Wildman–Crippen LogP) is 5.89. The van der Waals surface area contributed by atoms with Gasteiger partial charge < -0.3 is 20.3 Å². The maximum Gasteiger partial charge on any atom is 0.469 e. The highest BCUT2D eigenvalue weighted by Crippen LogP contribution is 2.39. The summed E-state index contributed by atoms with van der Waals surface area (Å²) in [5, 5.41) is 0. The number of halogens is 6. The van der Waals surface area contributed by atoms with Gasteiger partial charge in [-0.15, -0.1) is 0 Å². The standard InChI is InChI=1S/C23H28F6NO5P/c1-2-21(30,15-35-36(31,32)33)12-11-17-7-10-20(19(14-17)23(27,28)29)34-13-3-4-16-5-8-18(9-6-16)22(24,25)26/h5-10,14H,2-4,11-13,15,30H2,1H3,(H2,31,32,33). The average Bonchev–Trinajstić information content (AvgIpc) is 2.78. The summed E-state index contributed by atoms with van der Waals surface area (Å²) in [6, 6.07) is 8.10. The molecule has 1 unspecified atom stereocenters. The van der Waals surface area contributed by atoms with Crippen molar-refractivity contribution in [2.45, 2.75) is 56.9 Å². The second kappa shape index (κ2) is 12.0. The number of hydrogen-bond donors (Lipinski definition) is 3. The summed E-state index contributed by atoms with van der Waals surface area (Å²) in [6.45, 7) is 1.14. The molecule has 1 atom stereocenters. The lowest BCUT2D eigenvalue weighted by Gasteiger charge is -2.28. The minimum atomic E-state index is -4.74. The van der Waals surface area contributed by atoms with Crippen molar-refractivity contribution < 1.29 is 50.0 Å². The second-order valence-electron chi connectivity index (χ2n) is 8.45. The van der Waals surface area contributed by atoms with Gasteiger partial charge in [0.25, 0.3) is 0 Å². The van der Waals surface area contributed by atoms with Crippen LogP contribution in [0, 0.1) is 0 Å². The van der Waals surface area contributed by atoms with Crippen molar-refractivity contribution in [1.82, 2.24) is 0 Å². The molecule has 0 aliphatic carbocycles. The SMILES string of the molecule is CCC(N)(CCc1ccc(OCCCc2ccc(C(F)(F)F)cc2)c(C(F)(F)F)c1)COP(=O)(O)O. The van der Waals surface area contributed by atoms with Gasteiger partial charge in [0, 0.05) is 5.54 Å². The monoisotopic (exact) mass is 543 g/mol. The second-order valence-corrected chi connectivity index (χ2v) is 9.69. The fourth-order valence-corrected chi connectivity index (χ4v) is 3.78. The van der Waals surface area contributed by atoms with E-state index in [1.807, 2.05) is 0 Å². The third-order valence-corrected chi connectivity index (χ3v) is 6.10. The summed E-state index contributed by atoms with van der Waals surface area (Å²) >= 11 is 0. The predicted molar refractivity (Wildman–Crippen MR) is 120 cm³/mol. The smallest absolute Gasteiger partial charge is 0.469 e. The van der Waals surface area contributed by atoms with Crippen LogP contribution in [0.3, 0.4) is 0 Å². The zero-order chi connectivity index (χ0) is 27.2. The van der Waals surface area contributed by atoms with E-state index in [0.717, 1.165) is 18.2 Å².